The number of nitro groups is 1. The van der Waals surface area contributed by atoms with Gasteiger partial charge in [-0.1, -0.05) is 18.2 Å². The third-order valence-electron chi connectivity index (χ3n) is 3.56. The van der Waals surface area contributed by atoms with Crippen molar-refractivity contribution in [3.05, 3.63) is 55.5 Å². The number of guanidine groups is 1. The maximum atomic E-state index is 11.0. The quantitative estimate of drug-likeness (QED) is 0.220. The number of halogens is 1. The summed E-state index contributed by atoms with van der Waals surface area (Å²) in [4.78, 5) is 20.5. The van der Waals surface area contributed by atoms with Gasteiger partial charge in [0.1, 0.15) is 0 Å². The number of hydrogen-bond donors (Lipinski definition) is 2. The van der Waals surface area contributed by atoms with Gasteiger partial charge in [-0.05, 0) is 13.8 Å². The van der Waals surface area contributed by atoms with Crippen molar-refractivity contribution in [1.29, 1.82) is 0 Å². The zero-order valence-corrected chi connectivity index (χ0v) is 17.6. The highest BCUT2D eigenvalue weighted by Gasteiger charge is 2.12. The SMILES string of the molecule is CN=C(NCCc1nc(C)c(C)s1)NCc1ccccc1[N+](=O)[O-].I. The number of nitro benzene ring substituents is 1. The van der Waals surface area contributed by atoms with Crippen molar-refractivity contribution in [1.82, 2.24) is 15.6 Å². The largest absolute Gasteiger partial charge is 0.356 e. The van der Waals surface area contributed by atoms with Crippen LogP contribution in [0.15, 0.2) is 29.3 Å². The standard InChI is InChI=1S/C16H21N5O2S.HI/c1-11-12(2)24-15(20-11)8-9-18-16(17-3)19-10-13-6-4-5-7-14(13)21(22)23;/h4-7H,8-10H2,1-3H3,(H2,17,18,19);1H. The average molecular weight is 475 g/mol. The monoisotopic (exact) mass is 475 g/mol. The molecular formula is C16H22IN5O2S. The number of hydrogen-bond acceptors (Lipinski definition) is 5. The fourth-order valence-electron chi connectivity index (χ4n) is 2.17. The summed E-state index contributed by atoms with van der Waals surface area (Å²) < 4.78 is 0. The van der Waals surface area contributed by atoms with Crippen molar-refractivity contribution < 1.29 is 4.92 Å². The minimum absolute atomic E-state index is 0. The van der Waals surface area contributed by atoms with Crippen molar-refractivity contribution >= 4 is 47.0 Å². The van der Waals surface area contributed by atoms with Gasteiger partial charge in [-0.15, -0.1) is 35.3 Å². The zero-order valence-electron chi connectivity index (χ0n) is 14.4. The minimum atomic E-state index is -0.375. The molecule has 0 saturated carbocycles. The van der Waals surface area contributed by atoms with Gasteiger partial charge in [0.25, 0.3) is 5.69 Å². The third-order valence-corrected chi connectivity index (χ3v) is 4.69. The fourth-order valence-corrected chi connectivity index (χ4v) is 3.11. The Morgan fingerprint density at radius 2 is 2.04 bits per heavy atom. The summed E-state index contributed by atoms with van der Waals surface area (Å²) in [7, 11) is 1.67. The maximum absolute atomic E-state index is 11.0. The van der Waals surface area contributed by atoms with Crippen LogP contribution in [-0.2, 0) is 13.0 Å². The molecule has 0 bridgehead atoms. The van der Waals surface area contributed by atoms with Crippen LogP contribution in [0.3, 0.4) is 0 Å². The molecule has 0 amide bonds. The van der Waals surface area contributed by atoms with Crippen LogP contribution in [0.5, 0.6) is 0 Å². The molecule has 25 heavy (non-hydrogen) atoms. The topological polar surface area (TPSA) is 92.5 Å². The summed E-state index contributed by atoms with van der Waals surface area (Å²) in [6.45, 7) is 5.11. The van der Waals surface area contributed by atoms with Crippen LogP contribution < -0.4 is 10.6 Å². The third kappa shape index (κ3) is 6.24. The molecule has 1 aromatic carbocycles. The lowest BCUT2D eigenvalue weighted by molar-refractivity contribution is -0.385. The fraction of sp³-hybridized carbons (Fsp3) is 0.375. The Balaban J connectivity index is 0.00000312. The second-order valence-electron chi connectivity index (χ2n) is 5.24. The van der Waals surface area contributed by atoms with E-state index in [1.807, 2.05) is 6.92 Å². The number of nitrogens with one attached hydrogen (secondary N) is 2. The van der Waals surface area contributed by atoms with Gasteiger partial charge in [0, 0.05) is 43.1 Å². The van der Waals surface area contributed by atoms with E-state index < -0.39 is 0 Å². The van der Waals surface area contributed by atoms with Gasteiger partial charge in [-0.25, -0.2) is 4.98 Å². The molecule has 2 N–H and O–H groups in total. The van der Waals surface area contributed by atoms with Crippen LogP contribution in [0.2, 0.25) is 0 Å². The first kappa shape index (κ1) is 21.3. The molecule has 0 aliphatic rings. The molecule has 136 valence electrons. The Labute approximate surface area is 168 Å². The molecular weight excluding hydrogens is 453 g/mol. The van der Waals surface area contributed by atoms with Crippen molar-refractivity contribution in [2.24, 2.45) is 4.99 Å². The maximum Gasteiger partial charge on any atom is 0.274 e. The van der Waals surface area contributed by atoms with E-state index in [9.17, 15) is 10.1 Å². The number of para-hydroxylation sites is 1. The lowest BCUT2D eigenvalue weighted by Crippen LogP contribution is -2.37. The van der Waals surface area contributed by atoms with E-state index >= 15 is 0 Å². The van der Waals surface area contributed by atoms with Gasteiger partial charge >= 0.3 is 0 Å². The molecule has 0 aliphatic carbocycles. The first-order valence-corrected chi connectivity index (χ1v) is 8.42. The number of rotatable bonds is 6. The lowest BCUT2D eigenvalue weighted by atomic mass is 10.2. The van der Waals surface area contributed by atoms with Gasteiger partial charge in [-0.2, -0.15) is 0 Å². The average Bonchev–Trinajstić information content (AvgIpc) is 2.89. The Bertz CT molecular complexity index is 728. The normalized spacial score (nSPS) is 10.9. The van der Waals surface area contributed by atoms with Crippen molar-refractivity contribution in [2.75, 3.05) is 13.6 Å². The second-order valence-corrected chi connectivity index (χ2v) is 6.53. The lowest BCUT2D eigenvalue weighted by Gasteiger charge is -2.11. The predicted octanol–water partition coefficient (Wildman–Crippen LogP) is 3.19. The van der Waals surface area contributed by atoms with E-state index in [2.05, 4.69) is 27.5 Å². The zero-order chi connectivity index (χ0) is 17.5. The second kappa shape index (κ2) is 10.3. The van der Waals surface area contributed by atoms with Gasteiger partial charge in [0.05, 0.1) is 15.6 Å². The molecule has 0 radical (unpaired) electrons. The number of nitrogens with zero attached hydrogens (tertiary/aromatic N) is 3. The summed E-state index contributed by atoms with van der Waals surface area (Å²) in [6.07, 6.45) is 0.811. The van der Waals surface area contributed by atoms with Crippen molar-refractivity contribution in [3.63, 3.8) is 0 Å². The number of aryl methyl sites for hydroxylation is 2. The molecule has 0 atom stereocenters. The van der Waals surface area contributed by atoms with E-state index in [1.165, 1.54) is 10.9 Å². The van der Waals surface area contributed by atoms with E-state index in [1.54, 1.807) is 36.6 Å². The first-order valence-electron chi connectivity index (χ1n) is 7.61. The van der Waals surface area contributed by atoms with Crippen LogP contribution in [0, 0.1) is 24.0 Å². The molecule has 0 fully saturated rings. The van der Waals surface area contributed by atoms with Gasteiger partial charge in [0.15, 0.2) is 5.96 Å². The van der Waals surface area contributed by atoms with Crippen LogP contribution in [0.25, 0.3) is 0 Å². The van der Waals surface area contributed by atoms with Gasteiger partial charge in [0.2, 0.25) is 0 Å². The summed E-state index contributed by atoms with van der Waals surface area (Å²) >= 11 is 1.70. The molecule has 2 aromatic rings. The highest BCUT2D eigenvalue weighted by Crippen LogP contribution is 2.17. The Morgan fingerprint density at radius 3 is 2.64 bits per heavy atom. The van der Waals surface area contributed by atoms with E-state index in [0.717, 1.165) is 17.1 Å². The van der Waals surface area contributed by atoms with Crippen LogP contribution >= 0.6 is 35.3 Å². The number of thiazole rings is 1. The highest BCUT2D eigenvalue weighted by molar-refractivity contribution is 14.0. The molecule has 0 unspecified atom stereocenters. The van der Waals surface area contributed by atoms with Crippen LogP contribution in [-0.4, -0.2) is 29.5 Å². The molecule has 9 heteroatoms. The summed E-state index contributed by atoms with van der Waals surface area (Å²) in [5, 5.41) is 18.4. The first-order chi connectivity index (χ1) is 11.5. The highest BCUT2D eigenvalue weighted by atomic mass is 127. The minimum Gasteiger partial charge on any atom is -0.356 e. The van der Waals surface area contributed by atoms with Gasteiger partial charge < -0.3 is 10.6 Å². The smallest absolute Gasteiger partial charge is 0.274 e. The molecule has 0 spiro atoms. The molecule has 7 nitrogen and oxygen atoms in total. The number of aromatic nitrogens is 1. The van der Waals surface area contributed by atoms with Crippen molar-refractivity contribution in [3.8, 4) is 0 Å². The Kier molecular flexibility index (Phi) is 8.76. The van der Waals surface area contributed by atoms with E-state index in [-0.39, 0.29) is 34.6 Å². The van der Waals surface area contributed by atoms with Crippen LogP contribution in [0.1, 0.15) is 21.1 Å². The molecule has 0 saturated heterocycles. The summed E-state index contributed by atoms with van der Waals surface area (Å²) in [5.74, 6) is 0.609. The molecule has 1 heterocycles. The molecule has 0 aliphatic heterocycles. The van der Waals surface area contributed by atoms with Gasteiger partial charge in [-0.3, -0.25) is 15.1 Å². The van der Waals surface area contributed by atoms with Crippen molar-refractivity contribution in [2.45, 2.75) is 26.8 Å². The van der Waals surface area contributed by atoms with E-state index in [0.29, 0.717) is 24.6 Å². The summed E-state index contributed by atoms with van der Waals surface area (Å²) in [6, 6.07) is 6.68. The molecule has 1 aromatic heterocycles. The number of benzene rings is 1. The van der Waals surface area contributed by atoms with E-state index in [4.69, 9.17) is 0 Å². The predicted molar refractivity (Wildman–Crippen MR) is 112 cm³/mol. The number of aliphatic imine (C=N–C) groups is 1. The van der Waals surface area contributed by atoms with Crippen LogP contribution in [0.4, 0.5) is 5.69 Å². The summed E-state index contributed by atoms with van der Waals surface area (Å²) in [5.41, 5.74) is 1.81. The Hall–Kier alpha value is -1.75. The molecule has 2 rings (SSSR count). The Morgan fingerprint density at radius 1 is 1.32 bits per heavy atom.